The minimum Gasteiger partial charge on any atom is -0.394 e. The number of likely N-dealkylation sites (tertiary alicyclic amines) is 1. The Labute approximate surface area is 167 Å². The summed E-state index contributed by atoms with van der Waals surface area (Å²) in [6, 6.07) is 9.65. The quantitative estimate of drug-likeness (QED) is 0.832. The molecule has 0 spiro atoms. The number of aliphatic hydroxyl groups excluding tert-OH is 1. The highest BCUT2D eigenvalue weighted by Crippen LogP contribution is 2.44. The van der Waals surface area contributed by atoms with Crippen LogP contribution in [-0.4, -0.2) is 40.8 Å². The first-order valence-corrected chi connectivity index (χ1v) is 10.6. The van der Waals surface area contributed by atoms with Crippen molar-refractivity contribution in [3.05, 3.63) is 41.5 Å². The highest BCUT2D eigenvalue weighted by atomic mass is 16.3. The summed E-state index contributed by atoms with van der Waals surface area (Å²) in [5.74, 6) is -0.150. The fourth-order valence-corrected chi connectivity index (χ4v) is 5.14. The van der Waals surface area contributed by atoms with Crippen LogP contribution in [0.25, 0.3) is 5.57 Å². The van der Waals surface area contributed by atoms with E-state index in [1.54, 1.807) is 4.90 Å². The summed E-state index contributed by atoms with van der Waals surface area (Å²) in [6.07, 6.45) is 11.1. The number of nitrogens with one attached hydrogen (secondary N) is 1. The van der Waals surface area contributed by atoms with Crippen molar-refractivity contribution in [1.82, 2.24) is 10.2 Å². The van der Waals surface area contributed by atoms with Crippen LogP contribution < -0.4 is 5.32 Å². The van der Waals surface area contributed by atoms with Gasteiger partial charge in [0, 0.05) is 12.0 Å². The van der Waals surface area contributed by atoms with Crippen LogP contribution in [0.4, 0.5) is 4.79 Å². The van der Waals surface area contributed by atoms with Crippen LogP contribution in [0.3, 0.4) is 0 Å². The van der Waals surface area contributed by atoms with Crippen LogP contribution in [0, 0.1) is 11.3 Å². The molecule has 2 fully saturated rings. The van der Waals surface area contributed by atoms with E-state index in [2.05, 4.69) is 29.6 Å². The van der Waals surface area contributed by atoms with Crippen molar-refractivity contribution in [1.29, 1.82) is 5.26 Å². The van der Waals surface area contributed by atoms with Gasteiger partial charge in [-0.1, -0.05) is 43.2 Å². The van der Waals surface area contributed by atoms with E-state index in [0.717, 1.165) is 44.1 Å². The van der Waals surface area contributed by atoms with Crippen LogP contribution in [0.1, 0.15) is 68.4 Å². The Hall–Kier alpha value is -2.32. The molecule has 1 heterocycles. The molecule has 1 aromatic rings. The fourth-order valence-electron chi connectivity index (χ4n) is 5.14. The Morgan fingerprint density at radius 3 is 2.68 bits per heavy atom. The summed E-state index contributed by atoms with van der Waals surface area (Å²) in [7, 11) is 0. The lowest BCUT2D eigenvalue weighted by atomic mass is 9.73. The van der Waals surface area contributed by atoms with E-state index in [4.69, 9.17) is 0 Å². The summed E-state index contributed by atoms with van der Waals surface area (Å²) in [5.41, 5.74) is 3.61. The molecule has 5 nitrogen and oxygen atoms in total. The molecular weight excluding hydrogens is 350 g/mol. The third kappa shape index (κ3) is 3.42. The van der Waals surface area contributed by atoms with E-state index in [0.29, 0.717) is 0 Å². The number of rotatable bonds is 4. The van der Waals surface area contributed by atoms with Gasteiger partial charge in [-0.2, -0.15) is 5.26 Å². The molecule has 1 aromatic carbocycles. The van der Waals surface area contributed by atoms with Gasteiger partial charge in [-0.25, -0.2) is 4.79 Å². The molecule has 0 bridgehead atoms. The second-order valence-corrected chi connectivity index (χ2v) is 8.25. The molecule has 2 aliphatic carbocycles. The maximum atomic E-state index is 12.8. The second-order valence-electron chi connectivity index (χ2n) is 8.25. The van der Waals surface area contributed by atoms with Gasteiger partial charge >= 0.3 is 6.03 Å². The summed E-state index contributed by atoms with van der Waals surface area (Å²) in [4.78, 5) is 14.4. The zero-order chi connectivity index (χ0) is 19.5. The minimum atomic E-state index is -0.538. The Morgan fingerprint density at radius 2 is 2.00 bits per heavy atom. The van der Waals surface area contributed by atoms with Gasteiger partial charge < -0.3 is 15.3 Å². The van der Waals surface area contributed by atoms with Gasteiger partial charge in [0.15, 0.2) is 0 Å². The number of carbonyl (C=O) groups is 1. The number of hydrogen-bond acceptors (Lipinski definition) is 3. The number of aliphatic hydroxyl groups is 1. The van der Waals surface area contributed by atoms with Gasteiger partial charge in [-0.3, -0.25) is 0 Å². The van der Waals surface area contributed by atoms with Gasteiger partial charge in [0.25, 0.3) is 0 Å². The Morgan fingerprint density at radius 1 is 1.21 bits per heavy atom. The Balaban J connectivity index is 1.59. The lowest BCUT2D eigenvalue weighted by Crippen LogP contribution is -2.67. The first kappa shape index (κ1) is 19.0. The molecule has 0 radical (unpaired) electrons. The van der Waals surface area contributed by atoms with Crippen molar-refractivity contribution in [3.63, 3.8) is 0 Å². The number of nitrogens with zero attached hydrogens (tertiary/aromatic N) is 2. The largest absolute Gasteiger partial charge is 0.394 e. The lowest BCUT2D eigenvalue weighted by molar-refractivity contribution is 0.0157. The topological polar surface area (TPSA) is 76.4 Å². The molecule has 3 atom stereocenters. The molecule has 2 amide bonds. The molecule has 0 aromatic heterocycles. The van der Waals surface area contributed by atoms with E-state index in [1.807, 2.05) is 12.1 Å². The van der Waals surface area contributed by atoms with Crippen molar-refractivity contribution in [3.8, 4) is 6.07 Å². The molecule has 148 valence electrons. The van der Waals surface area contributed by atoms with Gasteiger partial charge in [0.1, 0.15) is 6.04 Å². The maximum absolute atomic E-state index is 12.8. The van der Waals surface area contributed by atoms with E-state index in [1.165, 1.54) is 24.0 Å². The van der Waals surface area contributed by atoms with Gasteiger partial charge in [-0.05, 0) is 55.2 Å². The van der Waals surface area contributed by atoms with Crippen LogP contribution in [0.2, 0.25) is 0 Å². The predicted octanol–water partition coefficient (Wildman–Crippen LogP) is 3.95. The minimum absolute atomic E-state index is 0.131. The fraction of sp³-hybridized carbons (Fsp3) is 0.565. The summed E-state index contributed by atoms with van der Waals surface area (Å²) in [5, 5.41) is 23.0. The van der Waals surface area contributed by atoms with Crippen molar-refractivity contribution in [2.75, 3.05) is 6.61 Å². The number of urea groups is 1. The standard InChI is InChI=1S/C23H29N3O2/c24-14-20-22(19-13-7-6-12-18(19)16-8-2-1-3-9-16)21(15-27)26(20)23(28)25-17-10-4-5-11-17/h6-8,12-13,17,20-22,27H,1-5,9-11,15H2,(H,25,28)/t20-,21-,22-/m0/s1. The van der Waals surface area contributed by atoms with Gasteiger partial charge in [0.05, 0.1) is 18.7 Å². The third-order valence-electron chi connectivity index (χ3n) is 6.61. The molecule has 1 aliphatic heterocycles. The molecule has 28 heavy (non-hydrogen) atoms. The molecule has 5 heteroatoms. The predicted molar refractivity (Wildman–Crippen MR) is 109 cm³/mol. The number of hydrogen-bond donors (Lipinski definition) is 2. The number of carbonyl (C=O) groups excluding carboxylic acids is 1. The number of nitriles is 1. The summed E-state index contributed by atoms with van der Waals surface area (Å²) >= 11 is 0. The average molecular weight is 380 g/mol. The third-order valence-corrected chi connectivity index (χ3v) is 6.61. The van der Waals surface area contributed by atoms with Crippen molar-refractivity contribution in [2.24, 2.45) is 0 Å². The van der Waals surface area contributed by atoms with E-state index < -0.39 is 6.04 Å². The molecular formula is C23H29N3O2. The molecule has 1 saturated heterocycles. The molecule has 4 rings (SSSR count). The van der Waals surface area contributed by atoms with Crippen LogP contribution in [0.5, 0.6) is 0 Å². The van der Waals surface area contributed by atoms with Gasteiger partial charge in [0.2, 0.25) is 0 Å². The highest BCUT2D eigenvalue weighted by Gasteiger charge is 2.52. The summed E-state index contributed by atoms with van der Waals surface area (Å²) in [6.45, 7) is -0.131. The summed E-state index contributed by atoms with van der Waals surface area (Å²) < 4.78 is 0. The van der Waals surface area contributed by atoms with Crippen LogP contribution in [0.15, 0.2) is 30.3 Å². The molecule has 1 saturated carbocycles. The monoisotopic (exact) mass is 379 g/mol. The molecule has 2 N–H and O–H groups in total. The second kappa shape index (κ2) is 8.36. The van der Waals surface area contributed by atoms with Crippen molar-refractivity contribution >= 4 is 11.6 Å². The zero-order valence-corrected chi connectivity index (χ0v) is 16.3. The lowest BCUT2D eigenvalue weighted by Gasteiger charge is -2.52. The first-order chi connectivity index (χ1) is 13.7. The highest BCUT2D eigenvalue weighted by molar-refractivity contribution is 5.78. The number of amides is 2. The Kier molecular flexibility index (Phi) is 5.68. The number of benzene rings is 1. The molecule has 0 unspecified atom stereocenters. The zero-order valence-electron chi connectivity index (χ0n) is 16.3. The Bertz CT molecular complexity index is 791. The van der Waals surface area contributed by atoms with Crippen molar-refractivity contribution in [2.45, 2.75) is 75.4 Å². The smallest absolute Gasteiger partial charge is 0.319 e. The number of allylic oxidation sites excluding steroid dienone is 2. The van der Waals surface area contributed by atoms with E-state index in [-0.39, 0.29) is 30.6 Å². The SMILES string of the molecule is N#C[C@H]1[C@H](c2ccccc2C2=CCCCC2)[C@H](CO)N1C(=O)NC1CCCC1. The first-order valence-electron chi connectivity index (χ1n) is 10.6. The van der Waals surface area contributed by atoms with Crippen LogP contribution >= 0.6 is 0 Å². The maximum Gasteiger partial charge on any atom is 0.319 e. The van der Waals surface area contributed by atoms with E-state index >= 15 is 0 Å². The van der Waals surface area contributed by atoms with Crippen LogP contribution in [-0.2, 0) is 0 Å². The average Bonchev–Trinajstić information content (AvgIpc) is 3.22. The molecule has 3 aliphatic rings. The normalized spacial score (nSPS) is 27.6. The van der Waals surface area contributed by atoms with Gasteiger partial charge in [-0.15, -0.1) is 0 Å². The van der Waals surface area contributed by atoms with Crippen molar-refractivity contribution < 1.29 is 9.90 Å². The van der Waals surface area contributed by atoms with E-state index in [9.17, 15) is 15.2 Å².